The second-order valence-corrected chi connectivity index (χ2v) is 5.56. The van der Waals surface area contributed by atoms with E-state index in [1.54, 1.807) is 0 Å². The average Bonchev–Trinajstić information content (AvgIpc) is 2.39. The number of nitrogens with zero attached hydrogens (tertiary/aromatic N) is 2. The summed E-state index contributed by atoms with van der Waals surface area (Å²) in [7, 11) is 0. The van der Waals surface area contributed by atoms with Gasteiger partial charge in [0.25, 0.3) is 0 Å². The number of carbonyl (C=O) groups excluding carboxylic acids is 1. The van der Waals surface area contributed by atoms with Crippen molar-refractivity contribution in [1.82, 2.24) is 9.88 Å². The molecule has 0 saturated carbocycles. The number of hydrogen-bond donors (Lipinski definition) is 1. The summed E-state index contributed by atoms with van der Waals surface area (Å²) in [5, 5.41) is 2.70. The Morgan fingerprint density at radius 3 is 2.53 bits per heavy atom. The largest absolute Gasteiger partial charge is 0.311 e. The first-order valence-electron chi connectivity index (χ1n) is 7.04. The van der Waals surface area contributed by atoms with Gasteiger partial charge in [-0.05, 0) is 57.3 Å². The molecule has 1 amide bonds. The Morgan fingerprint density at radius 1 is 1.37 bits per heavy atom. The zero-order valence-electron chi connectivity index (χ0n) is 12.0. The van der Waals surface area contributed by atoms with Crippen molar-refractivity contribution in [2.45, 2.75) is 45.6 Å². The fraction of sp³-hybridized carbons (Fsp3) is 0.600. The van der Waals surface area contributed by atoms with Gasteiger partial charge in [0.1, 0.15) is 5.82 Å². The third-order valence-corrected chi connectivity index (χ3v) is 3.82. The first-order valence-corrected chi connectivity index (χ1v) is 7.04. The Hall–Kier alpha value is -1.42. The lowest BCUT2D eigenvalue weighted by molar-refractivity contribution is -0.114. The molecule has 2 rings (SSSR count). The van der Waals surface area contributed by atoms with Crippen LogP contribution in [0.2, 0.25) is 0 Å². The zero-order valence-corrected chi connectivity index (χ0v) is 12.0. The van der Waals surface area contributed by atoms with Gasteiger partial charge in [0, 0.05) is 19.2 Å². The van der Waals surface area contributed by atoms with Crippen LogP contribution < -0.4 is 5.32 Å². The van der Waals surface area contributed by atoms with Crippen molar-refractivity contribution >= 4 is 11.7 Å². The van der Waals surface area contributed by atoms with Gasteiger partial charge >= 0.3 is 0 Å². The Kier molecular flexibility index (Phi) is 4.53. The molecule has 0 aromatic carbocycles. The summed E-state index contributed by atoms with van der Waals surface area (Å²) >= 11 is 0. The van der Waals surface area contributed by atoms with Crippen molar-refractivity contribution in [1.29, 1.82) is 0 Å². The molecule has 104 valence electrons. The number of hydrogen-bond acceptors (Lipinski definition) is 3. The molecule has 1 aromatic heterocycles. The minimum atomic E-state index is -0.0782. The van der Waals surface area contributed by atoms with E-state index in [0.717, 1.165) is 13.1 Å². The molecule has 1 fully saturated rings. The molecule has 1 aliphatic rings. The summed E-state index contributed by atoms with van der Waals surface area (Å²) < 4.78 is 0. The third kappa shape index (κ3) is 3.77. The smallest absolute Gasteiger partial charge is 0.222 e. The minimum Gasteiger partial charge on any atom is -0.311 e. The van der Waals surface area contributed by atoms with Crippen LogP contribution >= 0.6 is 0 Å². The fourth-order valence-electron chi connectivity index (χ4n) is 2.65. The molecule has 0 unspecified atom stereocenters. The van der Waals surface area contributed by atoms with Gasteiger partial charge in [-0.1, -0.05) is 6.07 Å². The summed E-state index contributed by atoms with van der Waals surface area (Å²) in [6.07, 6.45) is 4.29. The van der Waals surface area contributed by atoms with Gasteiger partial charge in [-0.25, -0.2) is 4.98 Å². The highest BCUT2D eigenvalue weighted by Gasteiger charge is 2.22. The summed E-state index contributed by atoms with van der Waals surface area (Å²) in [6.45, 7) is 8.33. The van der Waals surface area contributed by atoms with Crippen LogP contribution in [0.15, 0.2) is 18.3 Å². The lowest BCUT2D eigenvalue weighted by Crippen LogP contribution is -2.37. The molecular formula is C15H23N3O. The standard InChI is InChI=1S/C15H23N3O/c1-11(2)18-8-6-13(7-9-18)14-4-5-15(16-10-14)17-12(3)19/h4-5,10-11,13H,6-9H2,1-3H3,(H,16,17,19). The Bertz CT molecular complexity index is 420. The highest BCUT2D eigenvalue weighted by molar-refractivity contribution is 5.87. The van der Waals surface area contributed by atoms with E-state index in [4.69, 9.17) is 0 Å². The highest BCUT2D eigenvalue weighted by atomic mass is 16.1. The summed E-state index contributed by atoms with van der Waals surface area (Å²) in [5.74, 6) is 1.16. The van der Waals surface area contributed by atoms with E-state index >= 15 is 0 Å². The number of nitrogens with one attached hydrogen (secondary N) is 1. The molecule has 1 saturated heterocycles. The molecule has 1 N–H and O–H groups in total. The van der Waals surface area contributed by atoms with Crippen LogP contribution in [0.1, 0.15) is 45.1 Å². The molecule has 1 aliphatic heterocycles. The lowest BCUT2D eigenvalue weighted by atomic mass is 9.90. The molecule has 2 heterocycles. The number of amides is 1. The minimum absolute atomic E-state index is 0.0782. The fourth-order valence-corrected chi connectivity index (χ4v) is 2.65. The predicted octanol–water partition coefficient (Wildman–Crippen LogP) is 2.63. The van der Waals surface area contributed by atoms with E-state index < -0.39 is 0 Å². The maximum absolute atomic E-state index is 10.9. The van der Waals surface area contributed by atoms with Gasteiger partial charge in [0.05, 0.1) is 0 Å². The van der Waals surface area contributed by atoms with Gasteiger partial charge in [-0.3, -0.25) is 4.79 Å². The van der Waals surface area contributed by atoms with E-state index in [2.05, 4.69) is 35.1 Å². The number of carbonyl (C=O) groups is 1. The quantitative estimate of drug-likeness (QED) is 0.909. The molecule has 0 atom stereocenters. The van der Waals surface area contributed by atoms with E-state index in [1.807, 2.05) is 12.3 Å². The van der Waals surface area contributed by atoms with E-state index in [0.29, 0.717) is 17.8 Å². The van der Waals surface area contributed by atoms with Crippen molar-refractivity contribution in [3.8, 4) is 0 Å². The van der Waals surface area contributed by atoms with Gasteiger partial charge in [-0.2, -0.15) is 0 Å². The predicted molar refractivity (Wildman–Crippen MR) is 77.2 cm³/mol. The number of anilines is 1. The van der Waals surface area contributed by atoms with Crippen molar-refractivity contribution in [2.24, 2.45) is 0 Å². The van der Waals surface area contributed by atoms with Gasteiger partial charge < -0.3 is 10.2 Å². The normalized spacial score (nSPS) is 17.7. The molecule has 0 aliphatic carbocycles. The molecule has 4 nitrogen and oxygen atoms in total. The topological polar surface area (TPSA) is 45.2 Å². The van der Waals surface area contributed by atoms with Gasteiger partial charge in [0.2, 0.25) is 5.91 Å². The van der Waals surface area contributed by atoms with Crippen LogP contribution in [0.25, 0.3) is 0 Å². The monoisotopic (exact) mass is 261 g/mol. The van der Waals surface area contributed by atoms with Crippen molar-refractivity contribution in [3.63, 3.8) is 0 Å². The molecule has 0 radical (unpaired) electrons. The third-order valence-electron chi connectivity index (χ3n) is 3.82. The van der Waals surface area contributed by atoms with Gasteiger partial charge in [-0.15, -0.1) is 0 Å². The molecule has 0 bridgehead atoms. The van der Waals surface area contributed by atoms with Crippen molar-refractivity contribution in [2.75, 3.05) is 18.4 Å². The van der Waals surface area contributed by atoms with Crippen LogP contribution in [-0.4, -0.2) is 34.9 Å². The van der Waals surface area contributed by atoms with Crippen molar-refractivity contribution in [3.05, 3.63) is 23.9 Å². The lowest BCUT2D eigenvalue weighted by Gasteiger charge is -2.34. The Labute approximate surface area is 115 Å². The number of rotatable bonds is 3. The van der Waals surface area contributed by atoms with Gasteiger partial charge in [0.15, 0.2) is 0 Å². The first kappa shape index (κ1) is 14.0. The summed E-state index contributed by atoms with van der Waals surface area (Å²) in [4.78, 5) is 17.8. The van der Waals surface area contributed by atoms with Crippen LogP contribution in [0.4, 0.5) is 5.82 Å². The number of piperidine rings is 1. The summed E-state index contributed by atoms with van der Waals surface area (Å²) in [6, 6.07) is 4.63. The Morgan fingerprint density at radius 2 is 2.05 bits per heavy atom. The molecule has 1 aromatic rings. The van der Waals surface area contributed by atoms with Crippen LogP contribution in [0.3, 0.4) is 0 Å². The number of pyridine rings is 1. The van der Waals surface area contributed by atoms with E-state index in [1.165, 1.54) is 25.3 Å². The zero-order chi connectivity index (χ0) is 13.8. The van der Waals surface area contributed by atoms with Crippen LogP contribution in [0, 0.1) is 0 Å². The van der Waals surface area contributed by atoms with Crippen LogP contribution in [-0.2, 0) is 4.79 Å². The molecular weight excluding hydrogens is 238 g/mol. The highest BCUT2D eigenvalue weighted by Crippen LogP contribution is 2.28. The second-order valence-electron chi connectivity index (χ2n) is 5.56. The molecule has 4 heteroatoms. The first-order chi connectivity index (χ1) is 9.06. The number of aromatic nitrogens is 1. The van der Waals surface area contributed by atoms with Crippen molar-refractivity contribution < 1.29 is 4.79 Å². The Balaban J connectivity index is 1.94. The maximum atomic E-state index is 10.9. The maximum Gasteiger partial charge on any atom is 0.222 e. The van der Waals surface area contributed by atoms with E-state index in [-0.39, 0.29) is 5.91 Å². The SMILES string of the molecule is CC(=O)Nc1ccc(C2CCN(C(C)C)CC2)cn1. The molecule has 19 heavy (non-hydrogen) atoms. The molecule has 0 spiro atoms. The summed E-state index contributed by atoms with van der Waals surface area (Å²) in [5.41, 5.74) is 1.29. The van der Waals surface area contributed by atoms with E-state index in [9.17, 15) is 4.79 Å². The second kappa shape index (κ2) is 6.15. The van der Waals surface area contributed by atoms with Crippen LogP contribution in [0.5, 0.6) is 0 Å². The number of likely N-dealkylation sites (tertiary alicyclic amines) is 1. The average molecular weight is 261 g/mol.